The number of nitrogens with zero attached hydrogens (tertiary/aromatic N) is 2. The van der Waals surface area contributed by atoms with Gasteiger partial charge >= 0.3 is 0 Å². The van der Waals surface area contributed by atoms with E-state index in [1.807, 2.05) is 24.3 Å². The Bertz CT molecular complexity index is 1250. The highest BCUT2D eigenvalue weighted by atomic mass is 32.2. The minimum atomic E-state index is -3.48. The molecule has 1 aliphatic carbocycles. The van der Waals surface area contributed by atoms with Crippen LogP contribution in [0.25, 0.3) is 10.9 Å². The molecule has 0 radical (unpaired) electrons. The summed E-state index contributed by atoms with van der Waals surface area (Å²) in [6.45, 7) is 1.14. The number of benzene rings is 2. The molecule has 1 amide bonds. The third kappa shape index (κ3) is 3.72. The number of hydrogen-bond acceptors (Lipinski definition) is 4. The summed E-state index contributed by atoms with van der Waals surface area (Å²) in [6.07, 6.45) is 5.62. The van der Waals surface area contributed by atoms with Crippen LogP contribution in [-0.4, -0.2) is 36.7 Å². The number of para-hydroxylation sites is 1. The topological polar surface area (TPSA) is 79.4 Å². The maximum atomic E-state index is 13.3. The van der Waals surface area contributed by atoms with Crippen molar-refractivity contribution >= 4 is 32.5 Å². The van der Waals surface area contributed by atoms with Crippen molar-refractivity contribution in [2.24, 2.45) is 0 Å². The van der Waals surface area contributed by atoms with E-state index in [1.54, 1.807) is 28.6 Å². The van der Waals surface area contributed by atoms with Crippen LogP contribution in [0.3, 0.4) is 0 Å². The maximum absolute atomic E-state index is 13.3. The number of fused-ring (bicyclic) bond motifs is 2. The zero-order valence-electron chi connectivity index (χ0n) is 17.3. The highest BCUT2D eigenvalue weighted by Crippen LogP contribution is 2.31. The first-order chi connectivity index (χ1) is 15.0. The van der Waals surface area contributed by atoms with Gasteiger partial charge in [0.2, 0.25) is 10.0 Å². The molecule has 3 aromatic rings. The Kier molecular flexibility index (Phi) is 5.24. The number of carbonyl (C=O) groups is 1. The second kappa shape index (κ2) is 8.05. The van der Waals surface area contributed by atoms with Crippen LogP contribution in [0, 0.1) is 0 Å². The van der Waals surface area contributed by atoms with Gasteiger partial charge in [0.05, 0.1) is 16.0 Å². The van der Waals surface area contributed by atoms with E-state index in [1.165, 1.54) is 0 Å². The van der Waals surface area contributed by atoms with Gasteiger partial charge in [-0.05, 0) is 68.0 Å². The van der Waals surface area contributed by atoms with Crippen molar-refractivity contribution in [1.82, 2.24) is 9.29 Å². The minimum Gasteiger partial charge on any atom is -0.322 e. The summed E-state index contributed by atoms with van der Waals surface area (Å²) in [5, 5.41) is 3.81. The number of anilines is 1. The van der Waals surface area contributed by atoms with Gasteiger partial charge in [-0.1, -0.05) is 24.6 Å². The number of amides is 1. The van der Waals surface area contributed by atoms with Crippen LogP contribution in [0.4, 0.5) is 5.69 Å². The van der Waals surface area contributed by atoms with Gasteiger partial charge in [0.15, 0.2) is 0 Å². The molecule has 1 saturated heterocycles. The summed E-state index contributed by atoms with van der Waals surface area (Å²) in [5.74, 6) is -0.177. The number of piperidine rings is 1. The number of aryl methyl sites for hydroxylation is 1. The lowest BCUT2D eigenvalue weighted by Gasteiger charge is -2.25. The van der Waals surface area contributed by atoms with Crippen molar-refractivity contribution in [3.05, 3.63) is 65.4 Å². The predicted molar refractivity (Wildman–Crippen MR) is 121 cm³/mol. The van der Waals surface area contributed by atoms with Gasteiger partial charge in [0.1, 0.15) is 0 Å². The van der Waals surface area contributed by atoms with E-state index in [4.69, 9.17) is 4.98 Å². The standard InChI is InChI=1S/C24H25N3O3S/c28-24(23-19-7-2-3-9-21(19)26-22-10-6-8-20(22)23)25-17-11-13-18(14-12-17)31(29,30)27-15-4-1-5-16-27/h2-3,7,9,11-14H,1,4-6,8,10,15-16H2,(H,25,28). The zero-order valence-corrected chi connectivity index (χ0v) is 18.1. The smallest absolute Gasteiger partial charge is 0.256 e. The van der Waals surface area contributed by atoms with Gasteiger partial charge in [-0.25, -0.2) is 8.42 Å². The average molecular weight is 436 g/mol. The van der Waals surface area contributed by atoms with Crippen LogP contribution in [0.1, 0.15) is 47.3 Å². The Labute approximate surface area is 182 Å². The Morgan fingerprint density at radius 3 is 2.42 bits per heavy atom. The van der Waals surface area contributed by atoms with E-state index in [2.05, 4.69) is 5.32 Å². The molecule has 1 aromatic heterocycles. The normalized spacial score (nSPS) is 16.9. The lowest BCUT2D eigenvalue weighted by Crippen LogP contribution is -2.35. The van der Waals surface area contributed by atoms with E-state index in [9.17, 15) is 13.2 Å². The number of pyridine rings is 1. The molecule has 0 bridgehead atoms. The van der Waals surface area contributed by atoms with Crippen molar-refractivity contribution in [2.45, 2.75) is 43.4 Å². The first-order valence-corrected chi connectivity index (χ1v) is 12.3. The quantitative estimate of drug-likeness (QED) is 0.668. The summed E-state index contributed by atoms with van der Waals surface area (Å²) in [7, 11) is -3.48. The summed E-state index contributed by atoms with van der Waals surface area (Å²) in [6, 6.07) is 14.2. The van der Waals surface area contributed by atoms with Gasteiger partial charge in [-0.15, -0.1) is 0 Å². The van der Waals surface area contributed by atoms with Crippen molar-refractivity contribution in [3.8, 4) is 0 Å². The number of sulfonamides is 1. The van der Waals surface area contributed by atoms with Crippen LogP contribution in [-0.2, 0) is 22.9 Å². The Hall–Kier alpha value is -2.77. The van der Waals surface area contributed by atoms with Crippen LogP contribution in [0.2, 0.25) is 0 Å². The molecule has 31 heavy (non-hydrogen) atoms. The first kappa shape index (κ1) is 20.2. The molecule has 0 unspecified atom stereocenters. The average Bonchev–Trinajstić information content (AvgIpc) is 3.26. The molecule has 1 fully saturated rings. The molecule has 1 aliphatic heterocycles. The third-order valence-electron chi connectivity index (χ3n) is 6.21. The zero-order chi connectivity index (χ0) is 21.4. The highest BCUT2D eigenvalue weighted by molar-refractivity contribution is 7.89. The second-order valence-electron chi connectivity index (χ2n) is 8.23. The van der Waals surface area contributed by atoms with Crippen molar-refractivity contribution in [3.63, 3.8) is 0 Å². The highest BCUT2D eigenvalue weighted by Gasteiger charge is 2.26. The molecule has 2 aliphatic rings. The molecule has 0 saturated carbocycles. The molecule has 5 rings (SSSR count). The number of nitrogens with one attached hydrogen (secondary N) is 1. The first-order valence-electron chi connectivity index (χ1n) is 10.9. The number of rotatable bonds is 4. The molecule has 7 heteroatoms. The van der Waals surface area contributed by atoms with Gasteiger partial charge < -0.3 is 5.32 Å². The van der Waals surface area contributed by atoms with Crippen LogP contribution in [0.15, 0.2) is 53.4 Å². The van der Waals surface area contributed by atoms with E-state index < -0.39 is 10.0 Å². The Balaban J connectivity index is 1.42. The molecule has 0 spiro atoms. The van der Waals surface area contributed by atoms with Crippen molar-refractivity contribution in [2.75, 3.05) is 18.4 Å². The lowest BCUT2D eigenvalue weighted by molar-refractivity contribution is 0.102. The monoisotopic (exact) mass is 435 g/mol. The number of carbonyl (C=O) groups excluding carboxylic acids is 1. The van der Waals surface area contributed by atoms with E-state index in [0.29, 0.717) is 24.3 Å². The number of hydrogen-bond donors (Lipinski definition) is 1. The third-order valence-corrected chi connectivity index (χ3v) is 8.12. The molecular weight excluding hydrogens is 410 g/mol. The number of aromatic nitrogens is 1. The molecule has 0 atom stereocenters. The lowest BCUT2D eigenvalue weighted by atomic mass is 10.0. The maximum Gasteiger partial charge on any atom is 0.256 e. The fourth-order valence-electron chi connectivity index (χ4n) is 4.63. The molecule has 6 nitrogen and oxygen atoms in total. The van der Waals surface area contributed by atoms with E-state index in [0.717, 1.165) is 60.7 Å². The second-order valence-corrected chi connectivity index (χ2v) is 10.2. The summed E-state index contributed by atoms with van der Waals surface area (Å²) in [5.41, 5.74) is 4.13. The van der Waals surface area contributed by atoms with Gasteiger partial charge in [-0.2, -0.15) is 4.31 Å². The van der Waals surface area contributed by atoms with Gasteiger partial charge in [0.25, 0.3) is 5.91 Å². The molecule has 1 N–H and O–H groups in total. The van der Waals surface area contributed by atoms with Crippen LogP contribution in [0.5, 0.6) is 0 Å². The molecular formula is C24H25N3O3S. The Morgan fingerprint density at radius 1 is 0.903 bits per heavy atom. The summed E-state index contributed by atoms with van der Waals surface area (Å²) < 4.78 is 27.2. The fraction of sp³-hybridized carbons (Fsp3) is 0.333. The van der Waals surface area contributed by atoms with Crippen LogP contribution >= 0.6 is 0 Å². The SMILES string of the molecule is O=C(Nc1ccc(S(=O)(=O)N2CCCCC2)cc1)c1c2c(nc3ccccc13)CCC2. The largest absolute Gasteiger partial charge is 0.322 e. The molecule has 2 heterocycles. The fourth-order valence-corrected chi connectivity index (χ4v) is 6.15. The molecule has 2 aromatic carbocycles. The molecule has 160 valence electrons. The van der Waals surface area contributed by atoms with Crippen molar-refractivity contribution in [1.29, 1.82) is 0 Å². The summed E-state index contributed by atoms with van der Waals surface area (Å²) >= 11 is 0. The Morgan fingerprint density at radius 2 is 1.65 bits per heavy atom. The predicted octanol–water partition coefficient (Wildman–Crippen LogP) is 4.15. The van der Waals surface area contributed by atoms with E-state index >= 15 is 0 Å². The minimum absolute atomic E-state index is 0.177. The van der Waals surface area contributed by atoms with Crippen molar-refractivity contribution < 1.29 is 13.2 Å². The van der Waals surface area contributed by atoms with Gasteiger partial charge in [-0.3, -0.25) is 9.78 Å². The van der Waals surface area contributed by atoms with Crippen LogP contribution < -0.4 is 5.32 Å². The van der Waals surface area contributed by atoms with E-state index in [-0.39, 0.29) is 10.8 Å². The summed E-state index contributed by atoms with van der Waals surface area (Å²) in [4.78, 5) is 18.3. The van der Waals surface area contributed by atoms with Gasteiger partial charge in [0, 0.05) is 29.9 Å².